The van der Waals surface area contributed by atoms with Crippen LogP contribution in [0.4, 0.5) is 4.39 Å². The number of benzene rings is 1. The van der Waals surface area contributed by atoms with Gasteiger partial charge in [-0.05, 0) is 41.1 Å². The van der Waals surface area contributed by atoms with E-state index in [0.29, 0.717) is 0 Å². The molecule has 9 heteroatoms. The molecule has 1 aliphatic rings. The van der Waals surface area contributed by atoms with Crippen LogP contribution in [0.3, 0.4) is 0 Å². The van der Waals surface area contributed by atoms with Gasteiger partial charge in [0.2, 0.25) is 10.0 Å². The van der Waals surface area contributed by atoms with Gasteiger partial charge in [-0.25, -0.2) is 17.5 Å². The smallest absolute Gasteiger partial charge is 0.313 e. The molecule has 0 aliphatic carbocycles. The summed E-state index contributed by atoms with van der Waals surface area (Å²) in [5, 5.41) is 9.21. The van der Waals surface area contributed by atoms with Crippen molar-refractivity contribution < 1.29 is 27.4 Å². The lowest BCUT2D eigenvalue weighted by Crippen LogP contribution is -2.49. The van der Waals surface area contributed by atoms with Crippen LogP contribution in [-0.4, -0.2) is 38.7 Å². The molecule has 2 rings (SSSR count). The zero-order chi connectivity index (χ0) is 15.8. The van der Waals surface area contributed by atoms with E-state index < -0.39 is 33.3 Å². The summed E-state index contributed by atoms with van der Waals surface area (Å²) >= 11 is 2.93. The first kappa shape index (κ1) is 16.3. The number of hydrogen-bond donors (Lipinski definition) is 2. The zero-order valence-electron chi connectivity index (χ0n) is 11.0. The Labute approximate surface area is 129 Å². The van der Waals surface area contributed by atoms with Gasteiger partial charge >= 0.3 is 5.97 Å². The Bertz CT molecular complexity index is 680. The number of ether oxygens (including phenoxy) is 1. The highest BCUT2D eigenvalue weighted by molar-refractivity contribution is 9.10. The van der Waals surface area contributed by atoms with E-state index in [4.69, 9.17) is 4.74 Å². The fraction of sp³-hybridized carbons (Fsp3) is 0.417. The van der Waals surface area contributed by atoms with Gasteiger partial charge in [0, 0.05) is 0 Å². The molecular weight excluding hydrogens is 369 g/mol. The van der Waals surface area contributed by atoms with E-state index in [1.54, 1.807) is 0 Å². The summed E-state index contributed by atoms with van der Waals surface area (Å²) in [6.45, 7) is 1.25. The molecule has 0 amide bonds. The van der Waals surface area contributed by atoms with Gasteiger partial charge in [0.1, 0.15) is 11.2 Å². The number of halogens is 2. The standard InChI is InChI=1S/C12H13BrFNO5S/c1-12(11(16)17)6-20-5-10(12)15-21(18,19)7-2-3-8(13)9(14)4-7/h2-4,10,15H,5-6H2,1H3,(H,16,17). The highest BCUT2D eigenvalue weighted by atomic mass is 79.9. The van der Waals surface area contributed by atoms with Gasteiger partial charge in [-0.1, -0.05) is 0 Å². The Kier molecular flexibility index (Phi) is 4.39. The number of carboxylic acids is 1. The van der Waals surface area contributed by atoms with Crippen molar-refractivity contribution in [1.29, 1.82) is 0 Å². The average molecular weight is 382 g/mol. The summed E-state index contributed by atoms with van der Waals surface area (Å²) in [6.07, 6.45) is 0. The normalized spacial score (nSPS) is 26.0. The van der Waals surface area contributed by atoms with Crippen LogP contribution in [0, 0.1) is 11.2 Å². The molecule has 2 atom stereocenters. The average Bonchev–Trinajstić information content (AvgIpc) is 2.75. The van der Waals surface area contributed by atoms with E-state index in [1.807, 2.05) is 0 Å². The number of carbonyl (C=O) groups is 1. The van der Waals surface area contributed by atoms with E-state index in [1.165, 1.54) is 19.1 Å². The summed E-state index contributed by atoms with van der Waals surface area (Å²) in [6, 6.07) is 2.43. The molecule has 0 spiro atoms. The third-order valence-electron chi connectivity index (χ3n) is 3.44. The van der Waals surface area contributed by atoms with E-state index >= 15 is 0 Å². The Balaban J connectivity index is 2.29. The van der Waals surface area contributed by atoms with Crippen LogP contribution in [0.15, 0.2) is 27.6 Å². The van der Waals surface area contributed by atoms with Crippen molar-refractivity contribution in [2.75, 3.05) is 13.2 Å². The lowest BCUT2D eigenvalue weighted by Gasteiger charge is -2.25. The van der Waals surface area contributed by atoms with Crippen LogP contribution < -0.4 is 4.72 Å². The molecule has 21 heavy (non-hydrogen) atoms. The van der Waals surface area contributed by atoms with Crippen LogP contribution >= 0.6 is 15.9 Å². The maximum atomic E-state index is 13.4. The van der Waals surface area contributed by atoms with Crippen molar-refractivity contribution in [3.05, 3.63) is 28.5 Å². The van der Waals surface area contributed by atoms with E-state index in [9.17, 15) is 22.7 Å². The third-order valence-corrected chi connectivity index (χ3v) is 5.56. The number of rotatable bonds is 4. The minimum atomic E-state index is -4.04. The minimum absolute atomic E-state index is 0.0545. The van der Waals surface area contributed by atoms with Crippen molar-refractivity contribution >= 4 is 31.9 Å². The Hall–Kier alpha value is -1.03. The summed E-state index contributed by atoms with van der Waals surface area (Å²) in [7, 11) is -4.04. The van der Waals surface area contributed by atoms with E-state index in [2.05, 4.69) is 20.7 Å². The van der Waals surface area contributed by atoms with Crippen molar-refractivity contribution in [3.8, 4) is 0 Å². The summed E-state index contributed by atoms with van der Waals surface area (Å²) in [5.41, 5.74) is -1.36. The maximum absolute atomic E-state index is 13.4. The number of nitrogens with one attached hydrogen (secondary N) is 1. The van der Waals surface area contributed by atoms with E-state index in [0.717, 1.165) is 6.07 Å². The Morgan fingerprint density at radius 2 is 2.24 bits per heavy atom. The molecule has 1 aliphatic heterocycles. The first-order valence-corrected chi connectivity index (χ1v) is 8.23. The number of aliphatic carboxylic acids is 1. The lowest BCUT2D eigenvalue weighted by atomic mass is 9.86. The second-order valence-corrected chi connectivity index (χ2v) is 7.56. The second-order valence-electron chi connectivity index (χ2n) is 4.99. The fourth-order valence-corrected chi connectivity index (χ4v) is 3.54. The van der Waals surface area contributed by atoms with Crippen molar-refractivity contribution in [2.24, 2.45) is 5.41 Å². The molecule has 0 saturated carbocycles. The quantitative estimate of drug-likeness (QED) is 0.821. The zero-order valence-corrected chi connectivity index (χ0v) is 13.4. The summed E-state index contributed by atoms with van der Waals surface area (Å²) in [4.78, 5) is 11.0. The topological polar surface area (TPSA) is 92.7 Å². The van der Waals surface area contributed by atoms with Crippen LogP contribution in [0.25, 0.3) is 0 Å². The number of carboxylic acid groups (broad SMARTS) is 1. The van der Waals surface area contributed by atoms with Crippen molar-refractivity contribution in [3.63, 3.8) is 0 Å². The van der Waals surface area contributed by atoms with Crippen LogP contribution in [0.2, 0.25) is 0 Å². The van der Waals surface area contributed by atoms with Gasteiger partial charge in [-0.3, -0.25) is 4.79 Å². The molecular formula is C12H13BrFNO5S. The SMILES string of the molecule is CC1(C(=O)O)COCC1NS(=O)(=O)c1ccc(Br)c(F)c1. The van der Waals surface area contributed by atoms with Crippen molar-refractivity contribution in [1.82, 2.24) is 4.72 Å². The predicted molar refractivity (Wildman–Crippen MR) is 74.8 cm³/mol. The molecule has 1 aromatic rings. The Morgan fingerprint density at radius 1 is 1.57 bits per heavy atom. The number of sulfonamides is 1. The van der Waals surface area contributed by atoms with E-state index in [-0.39, 0.29) is 22.6 Å². The first-order valence-electron chi connectivity index (χ1n) is 5.95. The molecule has 2 unspecified atom stereocenters. The molecule has 0 aromatic heterocycles. The molecule has 116 valence electrons. The molecule has 1 aromatic carbocycles. The van der Waals surface area contributed by atoms with Crippen molar-refractivity contribution in [2.45, 2.75) is 17.9 Å². The van der Waals surface area contributed by atoms with Gasteiger partial charge < -0.3 is 9.84 Å². The molecule has 1 saturated heterocycles. The fourth-order valence-electron chi connectivity index (χ4n) is 1.95. The largest absolute Gasteiger partial charge is 0.481 e. The highest BCUT2D eigenvalue weighted by Gasteiger charge is 2.48. The van der Waals surface area contributed by atoms with Gasteiger partial charge in [-0.15, -0.1) is 0 Å². The lowest BCUT2D eigenvalue weighted by molar-refractivity contribution is -0.148. The molecule has 6 nitrogen and oxygen atoms in total. The Morgan fingerprint density at radius 3 is 2.81 bits per heavy atom. The molecule has 0 radical (unpaired) electrons. The number of hydrogen-bond acceptors (Lipinski definition) is 4. The third kappa shape index (κ3) is 3.10. The summed E-state index contributed by atoms with van der Waals surface area (Å²) in [5.74, 6) is -1.88. The van der Waals surface area contributed by atoms with Gasteiger partial charge in [0.25, 0.3) is 0 Å². The minimum Gasteiger partial charge on any atom is -0.481 e. The molecule has 1 heterocycles. The molecule has 1 fully saturated rings. The van der Waals surface area contributed by atoms with Crippen LogP contribution in [-0.2, 0) is 19.6 Å². The van der Waals surface area contributed by atoms with Gasteiger partial charge in [0.05, 0.1) is 28.6 Å². The first-order chi connectivity index (χ1) is 9.67. The highest BCUT2D eigenvalue weighted by Crippen LogP contribution is 2.30. The predicted octanol–water partition coefficient (Wildman–Crippen LogP) is 1.36. The second kappa shape index (κ2) is 5.64. The van der Waals surface area contributed by atoms with Crippen LogP contribution in [0.5, 0.6) is 0 Å². The maximum Gasteiger partial charge on any atom is 0.313 e. The molecule has 2 N–H and O–H groups in total. The molecule has 0 bridgehead atoms. The summed E-state index contributed by atoms with van der Waals surface area (Å²) < 4.78 is 45.4. The van der Waals surface area contributed by atoms with Gasteiger partial charge in [-0.2, -0.15) is 0 Å². The van der Waals surface area contributed by atoms with Crippen LogP contribution in [0.1, 0.15) is 6.92 Å². The monoisotopic (exact) mass is 381 g/mol. The van der Waals surface area contributed by atoms with Gasteiger partial charge in [0.15, 0.2) is 0 Å².